The highest BCUT2D eigenvalue weighted by Crippen LogP contribution is 2.29. The maximum atomic E-state index is 14.0. The highest BCUT2D eigenvalue weighted by atomic mass is 32.1. The van der Waals surface area contributed by atoms with Gasteiger partial charge in [0.2, 0.25) is 0 Å². The van der Waals surface area contributed by atoms with Crippen molar-refractivity contribution in [1.29, 1.82) is 0 Å². The van der Waals surface area contributed by atoms with E-state index in [-0.39, 0.29) is 11.6 Å². The van der Waals surface area contributed by atoms with E-state index in [1.165, 1.54) is 10.4 Å². The van der Waals surface area contributed by atoms with Crippen LogP contribution in [-0.2, 0) is 13.0 Å². The fourth-order valence-corrected chi connectivity index (χ4v) is 3.29. The van der Waals surface area contributed by atoms with E-state index >= 15 is 0 Å². The average molecular weight is 295 g/mol. The molecule has 106 valence electrons. The van der Waals surface area contributed by atoms with Gasteiger partial charge in [-0.3, -0.25) is 0 Å². The second kappa shape index (κ2) is 5.36. The molecule has 0 spiro atoms. The Morgan fingerprint density at radius 1 is 1.40 bits per heavy atom. The van der Waals surface area contributed by atoms with Gasteiger partial charge >= 0.3 is 0 Å². The number of fused-ring (bicyclic) bond motifs is 1. The molecule has 0 aliphatic carbocycles. The Labute approximate surface area is 120 Å². The van der Waals surface area contributed by atoms with Crippen LogP contribution < -0.4 is 10.2 Å². The third-order valence-electron chi connectivity index (χ3n) is 3.36. The van der Waals surface area contributed by atoms with Gasteiger partial charge in [-0.1, -0.05) is 0 Å². The lowest BCUT2D eigenvalue weighted by Crippen LogP contribution is -2.31. The van der Waals surface area contributed by atoms with Crippen LogP contribution in [-0.4, -0.2) is 18.1 Å². The molecule has 1 N–H and O–H groups in total. The summed E-state index contributed by atoms with van der Waals surface area (Å²) in [4.78, 5) is 7.32. The van der Waals surface area contributed by atoms with Crippen LogP contribution in [0.3, 0.4) is 0 Å². The lowest BCUT2D eigenvalue weighted by molar-refractivity contribution is 0.566. The highest BCUT2D eigenvalue weighted by molar-refractivity contribution is 7.10. The fraction of sp³-hybridized carbons (Fsp3) is 0.357. The zero-order chi connectivity index (χ0) is 14.1. The molecular weight excluding hydrogens is 280 g/mol. The predicted octanol–water partition coefficient (Wildman–Crippen LogP) is 3.42. The molecule has 0 fully saturated rings. The van der Waals surface area contributed by atoms with Gasteiger partial charge in [-0.05, 0) is 30.4 Å². The number of hydrogen-bond acceptors (Lipinski definition) is 4. The molecule has 2 aromatic heterocycles. The van der Waals surface area contributed by atoms with E-state index in [1.54, 1.807) is 11.3 Å². The Morgan fingerprint density at radius 3 is 3.05 bits per heavy atom. The molecule has 0 saturated heterocycles. The second-order valence-corrected chi connectivity index (χ2v) is 5.70. The molecule has 6 heteroatoms. The number of hydrogen-bond donors (Lipinski definition) is 1. The van der Waals surface area contributed by atoms with E-state index in [9.17, 15) is 8.78 Å². The normalized spacial score (nSPS) is 14.2. The van der Waals surface area contributed by atoms with Crippen molar-refractivity contribution >= 4 is 23.0 Å². The van der Waals surface area contributed by atoms with Crippen LogP contribution in [0.15, 0.2) is 17.5 Å². The molecule has 3 rings (SSSR count). The first-order valence-electron chi connectivity index (χ1n) is 6.59. The molecule has 1 aliphatic heterocycles. The predicted molar refractivity (Wildman–Crippen MR) is 77.4 cm³/mol. The SMILES string of the molecule is CCNc1nc(N2CCc3sccc3C2)c(F)cc1F. The summed E-state index contributed by atoms with van der Waals surface area (Å²) < 4.78 is 27.6. The van der Waals surface area contributed by atoms with Crippen molar-refractivity contribution in [2.75, 3.05) is 23.3 Å². The summed E-state index contributed by atoms with van der Waals surface area (Å²) >= 11 is 1.73. The van der Waals surface area contributed by atoms with Gasteiger partial charge in [0.05, 0.1) is 0 Å². The number of halogens is 2. The van der Waals surface area contributed by atoms with Gasteiger partial charge in [-0.25, -0.2) is 13.8 Å². The van der Waals surface area contributed by atoms with E-state index in [4.69, 9.17) is 0 Å². The van der Waals surface area contributed by atoms with Crippen LogP contribution >= 0.6 is 11.3 Å². The molecule has 0 bridgehead atoms. The maximum absolute atomic E-state index is 14.0. The standard InChI is InChI=1S/C14H15F2N3S/c1-2-17-13-10(15)7-11(16)14(18-13)19-5-3-12-9(8-19)4-6-20-12/h4,6-7H,2-3,5,8H2,1H3,(H,17,18). The van der Waals surface area contributed by atoms with Gasteiger partial charge in [0.25, 0.3) is 0 Å². The lowest BCUT2D eigenvalue weighted by Gasteiger charge is -2.28. The summed E-state index contributed by atoms with van der Waals surface area (Å²) in [5, 5.41) is 4.87. The van der Waals surface area contributed by atoms with Gasteiger partial charge < -0.3 is 10.2 Å². The van der Waals surface area contributed by atoms with Crippen molar-refractivity contribution in [3.8, 4) is 0 Å². The Morgan fingerprint density at radius 2 is 2.25 bits per heavy atom. The maximum Gasteiger partial charge on any atom is 0.168 e. The monoisotopic (exact) mass is 295 g/mol. The molecule has 20 heavy (non-hydrogen) atoms. The second-order valence-electron chi connectivity index (χ2n) is 4.70. The van der Waals surface area contributed by atoms with E-state index in [1.807, 2.05) is 17.2 Å². The minimum absolute atomic E-state index is 0.111. The molecule has 3 heterocycles. The van der Waals surface area contributed by atoms with Crippen LogP contribution in [0.25, 0.3) is 0 Å². The Bertz CT molecular complexity index is 627. The van der Waals surface area contributed by atoms with Crippen molar-refractivity contribution in [1.82, 2.24) is 4.98 Å². The molecule has 0 radical (unpaired) electrons. The van der Waals surface area contributed by atoms with Crippen LogP contribution in [0.5, 0.6) is 0 Å². The highest BCUT2D eigenvalue weighted by Gasteiger charge is 2.22. The molecule has 1 aliphatic rings. The molecule has 2 aromatic rings. The minimum atomic E-state index is -0.652. The van der Waals surface area contributed by atoms with Crippen LogP contribution in [0, 0.1) is 11.6 Å². The van der Waals surface area contributed by atoms with E-state index in [2.05, 4.69) is 16.4 Å². The third-order valence-corrected chi connectivity index (χ3v) is 4.39. The van der Waals surface area contributed by atoms with E-state index in [0.717, 1.165) is 12.5 Å². The molecule has 0 atom stereocenters. The van der Waals surface area contributed by atoms with Gasteiger partial charge in [-0.2, -0.15) is 0 Å². The summed E-state index contributed by atoms with van der Waals surface area (Å²) in [5.41, 5.74) is 1.21. The summed E-state index contributed by atoms with van der Waals surface area (Å²) in [5.74, 6) is -0.927. The summed E-state index contributed by atoms with van der Waals surface area (Å²) in [6.45, 7) is 3.72. The van der Waals surface area contributed by atoms with Crippen molar-refractivity contribution in [3.63, 3.8) is 0 Å². The minimum Gasteiger partial charge on any atom is -0.368 e. The van der Waals surface area contributed by atoms with Crippen molar-refractivity contribution in [3.05, 3.63) is 39.6 Å². The number of nitrogens with zero attached hydrogens (tertiary/aromatic N) is 2. The molecule has 0 aromatic carbocycles. The summed E-state index contributed by atoms with van der Waals surface area (Å²) in [6.07, 6.45) is 0.877. The van der Waals surface area contributed by atoms with Gasteiger partial charge in [0, 0.05) is 30.6 Å². The van der Waals surface area contributed by atoms with Gasteiger partial charge in [-0.15, -0.1) is 11.3 Å². The summed E-state index contributed by atoms with van der Waals surface area (Å²) in [6, 6.07) is 2.96. The van der Waals surface area contributed by atoms with Crippen LogP contribution in [0.4, 0.5) is 20.4 Å². The first-order valence-corrected chi connectivity index (χ1v) is 7.47. The van der Waals surface area contributed by atoms with E-state index < -0.39 is 11.6 Å². The Balaban J connectivity index is 1.92. The average Bonchev–Trinajstić information content (AvgIpc) is 2.89. The molecule has 0 unspecified atom stereocenters. The third kappa shape index (κ3) is 2.35. The zero-order valence-electron chi connectivity index (χ0n) is 11.1. The lowest BCUT2D eigenvalue weighted by atomic mass is 10.1. The van der Waals surface area contributed by atoms with Crippen molar-refractivity contribution in [2.45, 2.75) is 19.9 Å². The quantitative estimate of drug-likeness (QED) is 0.940. The smallest absolute Gasteiger partial charge is 0.168 e. The largest absolute Gasteiger partial charge is 0.368 e. The van der Waals surface area contributed by atoms with Gasteiger partial charge in [0.15, 0.2) is 23.3 Å². The Kier molecular flexibility index (Phi) is 3.56. The number of anilines is 2. The number of pyridine rings is 1. The first kappa shape index (κ1) is 13.3. The van der Waals surface area contributed by atoms with Gasteiger partial charge in [0.1, 0.15) is 0 Å². The molecule has 0 amide bonds. The molecule has 0 saturated carbocycles. The zero-order valence-corrected chi connectivity index (χ0v) is 11.9. The first-order chi connectivity index (χ1) is 9.69. The number of rotatable bonds is 3. The Hall–Kier alpha value is -1.69. The van der Waals surface area contributed by atoms with Crippen molar-refractivity contribution in [2.24, 2.45) is 0 Å². The molecular formula is C14H15F2N3S. The summed E-state index contributed by atoms with van der Waals surface area (Å²) in [7, 11) is 0. The fourth-order valence-electron chi connectivity index (χ4n) is 2.40. The number of thiophene rings is 1. The molecule has 3 nitrogen and oxygen atoms in total. The van der Waals surface area contributed by atoms with Crippen LogP contribution in [0.1, 0.15) is 17.4 Å². The number of aromatic nitrogens is 1. The number of nitrogens with one attached hydrogen (secondary N) is 1. The van der Waals surface area contributed by atoms with Crippen LogP contribution in [0.2, 0.25) is 0 Å². The topological polar surface area (TPSA) is 28.2 Å². The van der Waals surface area contributed by atoms with Crippen molar-refractivity contribution < 1.29 is 8.78 Å². The van der Waals surface area contributed by atoms with E-state index in [0.29, 0.717) is 19.6 Å².